The first-order chi connectivity index (χ1) is 5.90. The number of nitrogens with one attached hydrogen (secondary N) is 1. The molecule has 1 amide bonds. The van der Waals surface area contributed by atoms with Crippen molar-refractivity contribution in [2.75, 3.05) is 26.7 Å². The van der Waals surface area contributed by atoms with Crippen LogP contribution < -0.4 is 5.32 Å². The third-order valence-electron chi connectivity index (χ3n) is 1.92. The van der Waals surface area contributed by atoms with E-state index in [0.717, 1.165) is 4.90 Å². The maximum absolute atomic E-state index is 11.8. The summed E-state index contributed by atoms with van der Waals surface area (Å²) in [4.78, 5) is 11.9. The van der Waals surface area contributed by atoms with Gasteiger partial charge in [-0.1, -0.05) is 0 Å². The van der Waals surface area contributed by atoms with E-state index in [1.165, 1.54) is 7.05 Å². The average Bonchev–Trinajstić information content (AvgIpc) is 1.78. The second kappa shape index (κ2) is 3.53. The Morgan fingerprint density at radius 1 is 1.54 bits per heavy atom. The van der Waals surface area contributed by atoms with Gasteiger partial charge in [-0.3, -0.25) is 4.79 Å². The Bertz CT molecular complexity index is 200. The molecule has 76 valence electrons. The summed E-state index contributed by atoms with van der Waals surface area (Å²) in [6.07, 6.45) is -4.30. The van der Waals surface area contributed by atoms with Gasteiger partial charge in [-0.05, 0) is 0 Å². The van der Waals surface area contributed by atoms with E-state index in [2.05, 4.69) is 5.32 Å². The van der Waals surface area contributed by atoms with Gasteiger partial charge >= 0.3 is 6.18 Å². The highest BCUT2D eigenvalue weighted by atomic mass is 19.4. The first kappa shape index (κ1) is 10.3. The van der Waals surface area contributed by atoms with E-state index in [1.54, 1.807) is 0 Å². The minimum atomic E-state index is -4.30. The Labute approximate surface area is 73.9 Å². The summed E-state index contributed by atoms with van der Waals surface area (Å²) in [6.45, 7) is -0.190. The number of carbonyl (C=O) groups excluding carboxylic acids is 1. The minimum absolute atomic E-state index is 0.271. The Morgan fingerprint density at radius 2 is 2.08 bits per heavy atom. The Balaban J connectivity index is 2.38. The molecule has 6 heteroatoms. The zero-order valence-electron chi connectivity index (χ0n) is 7.19. The van der Waals surface area contributed by atoms with Crippen LogP contribution in [0.15, 0.2) is 0 Å². The third-order valence-corrected chi connectivity index (χ3v) is 1.92. The topological polar surface area (TPSA) is 32.3 Å². The molecular weight excluding hydrogens is 185 g/mol. The van der Waals surface area contributed by atoms with Crippen molar-refractivity contribution in [1.82, 2.24) is 10.2 Å². The lowest BCUT2D eigenvalue weighted by atomic mass is 10.0. The number of amides is 1. The molecule has 0 spiro atoms. The zero-order valence-corrected chi connectivity index (χ0v) is 7.19. The minimum Gasteiger partial charge on any atom is -0.336 e. The molecule has 1 fully saturated rings. The van der Waals surface area contributed by atoms with Crippen LogP contribution in [0.2, 0.25) is 0 Å². The van der Waals surface area contributed by atoms with Crippen molar-refractivity contribution in [2.24, 2.45) is 5.92 Å². The molecule has 0 bridgehead atoms. The number of hydrogen-bond donors (Lipinski definition) is 1. The van der Waals surface area contributed by atoms with Gasteiger partial charge < -0.3 is 10.2 Å². The van der Waals surface area contributed by atoms with Gasteiger partial charge in [-0.25, -0.2) is 0 Å². The van der Waals surface area contributed by atoms with Crippen LogP contribution in [0.25, 0.3) is 0 Å². The molecule has 0 saturated carbocycles. The van der Waals surface area contributed by atoms with Gasteiger partial charge in [0.2, 0.25) is 5.91 Å². The second-order valence-electron chi connectivity index (χ2n) is 3.16. The van der Waals surface area contributed by atoms with Crippen LogP contribution in [-0.2, 0) is 4.79 Å². The highest BCUT2D eigenvalue weighted by Crippen LogP contribution is 2.17. The second-order valence-corrected chi connectivity index (χ2v) is 3.16. The maximum Gasteiger partial charge on any atom is 0.406 e. The van der Waals surface area contributed by atoms with E-state index in [1.807, 2.05) is 0 Å². The molecular formula is C7H11F3N2O. The molecule has 0 unspecified atom stereocenters. The van der Waals surface area contributed by atoms with E-state index in [4.69, 9.17) is 0 Å². The standard InChI is InChI=1S/C7H11F3N2O/c1-12(4-7(8,9)10)6(13)5-2-11-3-5/h5,11H,2-4H2,1H3. The van der Waals surface area contributed by atoms with E-state index in [-0.39, 0.29) is 5.92 Å². The van der Waals surface area contributed by atoms with Gasteiger partial charge in [0.05, 0.1) is 5.92 Å². The van der Waals surface area contributed by atoms with Crippen LogP contribution in [-0.4, -0.2) is 43.7 Å². The molecule has 13 heavy (non-hydrogen) atoms. The SMILES string of the molecule is CN(CC(F)(F)F)C(=O)C1CNC1. The molecule has 0 aliphatic carbocycles. The Kier molecular flexibility index (Phi) is 2.80. The molecule has 0 radical (unpaired) electrons. The molecule has 1 saturated heterocycles. The number of nitrogens with zero attached hydrogens (tertiary/aromatic N) is 1. The molecule has 1 rings (SSSR count). The summed E-state index contributed by atoms with van der Waals surface area (Å²) < 4.78 is 35.5. The molecule has 3 nitrogen and oxygen atoms in total. The smallest absolute Gasteiger partial charge is 0.336 e. The summed E-state index contributed by atoms with van der Waals surface area (Å²) in [5.74, 6) is -0.705. The van der Waals surface area contributed by atoms with Crippen molar-refractivity contribution < 1.29 is 18.0 Å². The van der Waals surface area contributed by atoms with Gasteiger partial charge in [-0.2, -0.15) is 13.2 Å². The summed E-state index contributed by atoms with van der Waals surface area (Å²) in [5, 5.41) is 2.83. The van der Waals surface area contributed by atoms with Crippen LogP contribution in [0.5, 0.6) is 0 Å². The molecule has 1 N–H and O–H groups in total. The Hall–Kier alpha value is -0.780. The van der Waals surface area contributed by atoms with Crippen LogP contribution in [0.1, 0.15) is 0 Å². The fraction of sp³-hybridized carbons (Fsp3) is 0.857. The molecule has 0 aromatic carbocycles. The average molecular weight is 196 g/mol. The molecule has 0 aromatic heterocycles. The van der Waals surface area contributed by atoms with E-state index < -0.39 is 18.6 Å². The van der Waals surface area contributed by atoms with Crippen molar-refractivity contribution >= 4 is 5.91 Å². The van der Waals surface area contributed by atoms with E-state index in [0.29, 0.717) is 13.1 Å². The molecule has 1 heterocycles. The van der Waals surface area contributed by atoms with Gasteiger partial charge in [0.25, 0.3) is 0 Å². The van der Waals surface area contributed by atoms with Crippen LogP contribution in [0.4, 0.5) is 13.2 Å². The van der Waals surface area contributed by atoms with Crippen LogP contribution in [0.3, 0.4) is 0 Å². The van der Waals surface area contributed by atoms with Gasteiger partial charge in [0, 0.05) is 20.1 Å². The van der Waals surface area contributed by atoms with Crippen molar-refractivity contribution in [3.8, 4) is 0 Å². The lowest BCUT2D eigenvalue weighted by molar-refractivity contribution is -0.161. The molecule has 1 aliphatic rings. The monoisotopic (exact) mass is 196 g/mol. The highest BCUT2D eigenvalue weighted by Gasteiger charge is 2.35. The number of halogens is 3. The van der Waals surface area contributed by atoms with Crippen molar-refractivity contribution in [1.29, 1.82) is 0 Å². The van der Waals surface area contributed by atoms with Gasteiger partial charge in [-0.15, -0.1) is 0 Å². The predicted molar refractivity (Wildman–Crippen MR) is 40.1 cm³/mol. The lowest BCUT2D eigenvalue weighted by Gasteiger charge is -2.30. The van der Waals surface area contributed by atoms with Gasteiger partial charge in [0.1, 0.15) is 6.54 Å². The van der Waals surface area contributed by atoms with Crippen LogP contribution >= 0.6 is 0 Å². The van der Waals surface area contributed by atoms with E-state index >= 15 is 0 Å². The van der Waals surface area contributed by atoms with Crippen LogP contribution in [0, 0.1) is 5.92 Å². The summed E-state index contributed by atoms with van der Waals surface area (Å²) in [5.41, 5.74) is 0. The maximum atomic E-state index is 11.8. The fourth-order valence-electron chi connectivity index (χ4n) is 1.12. The van der Waals surface area contributed by atoms with Gasteiger partial charge in [0.15, 0.2) is 0 Å². The largest absolute Gasteiger partial charge is 0.406 e. The number of hydrogen-bond acceptors (Lipinski definition) is 2. The summed E-state index contributed by atoms with van der Waals surface area (Å²) >= 11 is 0. The van der Waals surface area contributed by atoms with Crippen molar-refractivity contribution in [3.63, 3.8) is 0 Å². The predicted octanol–water partition coefficient (Wildman–Crippen LogP) is 0.226. The number of alkyl halides is 3. The quantitative estimate of drug-likeness (QED) is 0.685. The summed E-state index contributed by atoms with van der Waals surface area (Å²) in [7, 11) is 1.17. The zero-order chi connectivity index (χ0) is 10.1. The first-order valence-electron chi connectivity index (χ1n) is 3.92. The molecule has 1 aliphatic heterocycles. The molecule has 0 aromatic rings. The number of carbonyl (C=O) groups is 1. The lowest BCUT2D eigenvalue weighted by Crippen LogP contribution is -2.52. The molecule has 0 atom stereocenters. The normalized spacial score (nSPS) is 18.2. The Morgan fingerprint density at radius 3 is 2.38 bits per heavy atom. The van der Waals surface area contributed by atoms with Crippen molar-refractivity contribution in [3.05, 3.63) is 0 Å². The van der Waals surface area contributed by atoms with E-state index in [9.17, 15) is 18.0 Å². The fourth-order valence-corrected chi connectivity index (χ4v) is 1.12. The first-order valence-corrected chi connectivity index (χ1v) is 3.92. The highest BCUT2D eigenvalue weighted by molar-refractivity contribution is 5.80. The van der Waals surface area contributed by atoms with Crippen molar-refractivity contribution in [2.45, 2.75) is 6.18 Å². The summed E-state index contributed by atoms with van der Waals surface area (Å²) in [6, 6.07) is 0. The third kappa shape index (κ3) is 2.87. The number of rotatable bonds is 2.